The van der Waals surface area contributed by atoms with Crippen LogP contribution in [0.5, 0.6) is 0 Å². The van der Waals surface area contributed by atoms with E-state index >= 15 is 0 Å². The molecular weight excluding hydrogens is 356 g/mol. The van der Waals surface area contributed by atoms with E-state index in [1.54, 1.807) is 12.1 Å². The fraction of sp³-hybridized carbons (Fsp3) is 0.471. The Labute approximate surface area is 153 Å². The van der Waals surface area contributed by atoms with Gasteiger partial charge in [-0.2, -0.15) is 4.98 Å². The zero-order valence-corrected chi connectivity index (χ0v) is 16.0. The number of benzene rings is 1. The van der Waals surface area contributed by atoms with E-state index in [4.69, 9.17) is 0 Å². The summed E-state index contributed by atoms with van der Waals surface area (Å²) in [6.45, 7) is 4.84. The molecule has 0 radical (unpaired) electrons. The Morgan fingerprint density at radius 2 is 2.15 bits per heavy atom. The minimum atomic E-state index is -3.72. The number of hydrogen-bond acceptors (Lipinski definition) is 6. The average molecular weight is 380 g/mol. The van der Waals surface area contributed by atoms with E-state index in [0.717, 1.165) is 6.42 Å². The van der Waals surface area contributed by atoms with Crippen LogP contribution in [0.25, 0.3) is 0 Å². The Hall–Kier alpha value is -2.26. The maximum Gasteiger partial charge on any atom is 0.251 e. The molecule has 1 heterocycles. The molecule has 2 rings (SSSR count). The predicted octanol–water partition coefficient (Wildman–Crippen LogP) is 1.71. The third kappa shape index (κ3) is 5.12. The minimum absolute atomic E-state index is 0.0734. The van der Waals surface area contributed by atoms with E-state index in [1.807, 2.05) is 6.92 Å². The van der Waals surface area contributed by atoms with Crippen LogP contribution >= 0.6 is 0 Å². The van der Waals surface area contributed by atoms with Crippen LogP contribution in [-0.2, 0) is 16.4 Å². The van der Waals surface area contributed by atoms with Gasteiger partial charge in [0.1, 0.15) is 0 Å². The van der Waals surface area contributed by atoms with Crippen molar-refractivity contribution in [2.75, 3.05) is 20.1 Å². The van der Waals surface area contributed by atoms with E-state index in [2.05, 4.69) is 26.9 Å². The molecule has 0 aliphatic heterocycles. The summed E-state index contributed by atoms with van der Waals surface area (Å²) >= 11 is 0. The van der Waals surface area contributed by atoms with Crippen molar-refractivity contribution in [3.8, 4) is 0 Å². The van der Waals surface area contributed by atoms with E-state index in [0.29, 0.717) is 30.3 Å². The zero-order valence-electron chi connectivity index (χ0n) is 15.2. The van der Waals surface area contributed by atoms with Gasteiger partial charge in [-0.15, -0.1) is 0 Å². The molecule has 0 aliphatic rings. The molecule has 9 heteroatoms. The number of carbonyl (C=O) groups is 1. The lowest BCUT2D eigenvalue weighted by Gasteiger charge is -2.17. The highest BCUT2D eigenvalue weighted by molar-refractivity contribution is 7.89. The van der Waals surface area contributed by atoms with Crippen LogP contribution in [0.1, 0.15) is 36.5 Å². The second-order valence-corrected chi connectivity index (χ2v) is 8.22. The lowest BCUT2D eigenvalue weighted by atomic mass is 10.1. The Morgan fingerprint density at radius 3 is 2.81 bits per heavy atom. The maximum absolute atomic E-state index is 12.7. The Balaban J connectivity index is 2.07. The first kappa shape index (κ1) is 20.1. The summed E-state index contributed by atoms with van der Waals surface area (Å²) in [5.41, 5.74) is 0.320. The van der Waals surface area contributed by atoms with Gasteiger partial charge in [-0.25, -0.2) is 12.7 Å². The topological polar surface area (TPSA) is 105 Å². The van der Waals surface area contributed by atoms with Crippen molar-refractivity contribution in [2.45, 2.75) is 31.6 Å². The highest BCUT2D eigenvalue weighted by Crippen LogP contribution is 2.16. The summed E-state index contributed by atoms with van der Waals surface area (Å²) in [4.78, 5) is 16.2. The molecule has 1 amide bonds. The van der Waals surface area contributed by atoms with Crippen LogP contribution in [0.4, 0.5) is 0 Å². The van der Waals surface area contributed by atoms with Gasteiger partial charge < -0.3 is 9.84 Å². The monoisotopic (exact) mass is 380 g/mol. The molecule has 0 saturated carbocycles. The van der Waals surface area contributed by atoms with Crippen LogP contribution in [0, 0.1) is 5.92 Å². The molecule has 1 atom stereocenters. The maximum atomic E-state index is 12.7. The number of hydrogen-bond donors (Lipinski definition) is 1. The van der Waals surface area contributed by atoms with Gasteiger partial charge in [0.25, 0.3) is 5.91 Å². The Kier molecular flexibility index (Phi) is 6.87. The summed E-state index contributed by atoms with van der Waals surface area (Å²) in [7, 11) is -2.24. The molecular formula is C17H24N4O4S. The molecule has 0 aliphatic carbocycles. The van der Waals surface area contributed by atoms with Gasteiger partial charge in [-0.05, 0) is 24.1 Å². The molecule has 8 nitrogen and oxygen atoms in total. The highest BCUT2D eigenvalue weighted by Gasteiger charge is 2.22. The van der Waals surface area contributed by atoms with Crippen molar-refractivity contribution in [3.63, 3.8) is 0 Å². The summed E-state index contributed by atoms with van der Waals surface area (Å²) in [5.74, 6) is 0.518. The molecule has 0 unspecified atom stereocenters. The van der Waals surface area contributed by atoms with Crippen molar-refractivity contribution in [2.24, 2.45) is 5.92 Å². The number of rotatable bonds is 9. The number of nitrogens with zero attached hydrogens (tertiary/aromatic N) is 3. The summed E-state index contributed by atoms with van der Waals surface area (Å²) in [5, 5.41) is 6.49. The van der Waals surface area contributed by atoms with E-state index in [1.165, 1.54) is 29.9 Å². The first-order valence-electron chi connectivity index (χ1n) is 8.44. The second-order valence-electron chi connectivity index (χ2n) is 6.18. The van der Waals surface area contributed by atoms with Gasteiger partial charge in [0.05, 0.1) is 4.90 Å². The smallest absolute Gasteiger partial charge is 0.251 e. The van der Waals surface area contributed by atoms with Gasteiger partial charge in [-0.3, -0.25) is 4.79 Å². The molecule has 26 heavy (non-hydrogen) atoms. The van der Waals surface area contributed by atoms with Gasteiger partial charge in [-0.1, -0.05) is 31.5 Å². The summed E-state index contributed by atoms with van der Waals surface area (Å²) in [6.07, 6.45) is 2.49. The van der Waals surface area contributed by atoms with E-state index in [9.17, 15) is 13.2 Å². The number of aromatic nitrogens is 2. The first-order chi connectivity index (χ1) is 12.3. The van der Waals surface area contributed by atoms with Crippen LogP contribution in [0.3, 0.4) is 0 Å². The van der Waals surface area contributed by atoms with Crippen molar-refractivity contribution in [1.29, 1.82) is 0 Å². The van der Waals surface area contributed by atoms with Gasteiger partial charge in [0.15, 0.2) is 5.82 Å². The normalized spacial score (nSPS) is 12.9. The lowest BCUT2D eigenvalue weighted by Crippen LogP contribution is -2.30. The molecule has 0 fully saturated rings. The third-order valence-corrected chi connectivity index (χ3v) is 6.02. The van der Waals surface area contributed by atoms with Crippen molar-refractivity contribution in [1.82, 2.24) is 19.8 Å². The molecule has 0 saturated heterocycles. The summed E-state index contributed by atoms with van der Waals surface area (Å²) in [6, 6.07) is 6.04. The van der Waals surface area contributed by atoms with Crippen LogP contribution in [0.2, 0.25) is 0 Å². The SMILES string of the molecule is CC[C@H](C)CNC(=O)c1cccc(S(=O)(=O)N(C)CCc2ncon2)c1. The number of amides is 1. The van der Waals surface area contributed by atoms with Crippen LogP contribution in [0.15, 0.2) is 40.1 Å². The molecule has 142 valence electrons. The van der Waals surface area contributed by atoms with Crippen molar-refractivity contribution < 1.29 is 17.7 Å². The fourth-order valence-corrected chi connectivity index (χ4v) is 3.39. The van der Waals surface area contributed by atoms with Crippen LogP contribution < -0.4 is 5.32 Å². The molecule has 1 N–H and O–H groups in total. The Bertz CT molecular complexity index is 821. The average Bonchev–Trinajstić information content (AvgIpc) is 3.17. The fourth-order valence-electron chi connectivity index (χ4n) is 2.17. The van der Waals surface area contributed by atoms with E-state index in [-0.39, 0.29) is 17.3 Å². The zero-order chi connectivity index (χ0) is 19.2. The second kappa shape index (κ2) is 8.91. The van der Waals surface area contributed by atoms with Crippen LogP contribution in [-0.4, -0.2) is 48.9 Å². The van der Waals surface area contributed by atoms with Crippen molar-refractivity contribution >= 4 is 15.9 Å². The number of likely N-dealkylation sites (N-methyl/N-ethyl adjacent to an activating group) is 1. The lowest BCUT2D eigenvalue weighted by molar-refractivity contribution is 0.0947. The number of nitrogens with one attached hydrogen (secondary N) is 1. The molecule has 1 aromatic carbocycles. The van der Waals surface area contributed by atoms with Crippen molar-refractivity contribution in [3.05, 3.63) is 42.0 Å². The largest absolute Gasteiger partial charge is 0.352 e. The quantitative estimate of drug-likeness (QED) is 0.710. The summed E-state index contributed by atoms with van der Waals surface area (Å²) < 4.78 is 31.3. The molecule has 0 spiro atoms. The number of carbonyl (C=O) groups excluding carboxylic acids is 1. The Morgan fingerprint density at radius 1 is 1.38 bits per heavy atom. The predicted molar refractivity (Wildman–Crippen MR) is 96.0 cm³/mol. The third-order valence-electron chi connectivity index (χ3n) is 4.17. The molecule has 2 aromatic rings. The highest BCUT2D eigenvalue weighted by atomic mass is 32.2. The first-order valence-corrected chi connectivity index (χ1v) is 9.88. The standard InChI is InChI=1S/C17H24N4O4S/c1-4-13(2)11-18-17(22)14-6-5-7-15(10-14)26(23,24)21(3)9-8-16-19-12-25-20-16/h5-7,10,12-13H,4,8-9,11H2,1-3H3,(H,18,22)/t13-/m0/s1. The van der Waals surface area contributed by atoms with Gasteiger partial charge in [0.2, 0.25) is 16.4 Å². The van der Waals surface area contributed by atoms with Gasteiger partial charge in [0, 0.05) is 32.1 Å². The molecule has 1 aromatic heterocycles. The minimum Gasteiger partial charge on any atom is -0.352 e. The van der Waals surface area contributed by atoms with E-state index < -0.39 is 10.0 Å². The number of sulfonamides is 1. The molecule has 0 bridgehead atoms. The van der Waals surface area contributed by atoms with Gasteiger partial charge >= 0.3 is 0 Å².